The molecule has 2 unspecified atom stereocenters. The van der Waals surface area contributed by atoms with Gasteiger partial charge in [-0.2, -0.15) is 0 Å². The molecule has 4 aromatic heterocycles. The van der Waals surface area contributed by atoms with Crippen molar-refractivity contribution in [3.63, 3.8) is 0 Å². The van der Waals surface area contributed by atoms with Crippen molar-refractivity contribution in [1.29, 1.82) is 0 Å². The first-order chi connectivity index (χ1) is 19.0. The van der Waals surface area contributed by atoms with Crippen LogP contribution in [0.25, 0.3) is 22.8 Å². The smallest absolute Gasteiger partial charge is 0.266 e. The number of amides is 1. The van der Waals surface area contributed by atoms with Crippen LogP contribution in [-0.4, -0.2) is 42.5 Å². The molecular formula is C30H28N6O2S. The van der Waals surface area contributed by atoms with Crippen molar-refractivity contribution in [2.45, 2.75) is 45.1 Å². The van der Waals surface area contributed by atoms with Crippen LogP contribution in [0.4, 0.5) is 0 Å². The van der Waals surface area contributed by atoms with Gasteiger partial charge in [-0.15, -0.1) is 21.5 Å². The Morgan fingerprint density at radius 3 is 2.64 bits per heavy atom. The summed E-state index contributed by atoms with van der Waals surface area (Å²) in [7, 11) is 0. The summed E-state index contributed by atoms with van der Waals surface area (Å²) in [5.41, 5.74) is 4.69. The number of likely N-dealkylation sites (tertiary alicyclic amines) is 1. The van der Waals surface area contributed by atoms with Crippen LogP contribution in [0.1, 0.15) is 64.2 Å². The molecule has 5 aromatic rings. The number of hydrogen-bond donors (Lipinski definition) is 0. The van der Waals surface area contributed by atoms with Gasteiger partial charge in [0.25, 0.3) is 11.8 Å². The molecule has 1 aliphatic heterocycles. The van der Waals surface area contributed by atoms with Crippen LogP contribution in [0.5, 0.6) is 0 Å². The highest BCUT2D eigenvalue weighted by atomic mass is 32.1. The van der Waals surface area contributed by atoms with E-state index in [1.807, 2.05) is 53.6 Å². The molecular weight excluding hydrogens is 508 g/mol. The Bertz CT molecular complexity index is 1580. The maximum absolute atomic E-state index is 13.9. The fraction of sp³-hybridized carbons (Fsp3) is 0.267. The zero-order chi connectivity index (χ0) is 26.8. The summed E-state index contributed by atoms with van der Waals surface area (Å²) in [6, 6.07) is 17.5. The normalized spacial score (nSPS) is 15.9. The van der Waals surface area contributed by atoms with Crippen LogP contribution in [0.3, 0.4) is 0 Å². The number of rotatable bonds is 7. The van der Waals surface area contributed by atoms with Gasteiger partial charge in [0.15, 0.2) is 0 Å². The third-order valence-corrected chi connectivity index (χ3v) is 8.01. The maximum Gasteiger partial charge on any atom is 0.266 e. The predicted octanol–water partition coefficient (Wildman–Crippen LogP) is 6.28. The summed E-state index contributed by atoms with van der Waals surface area (Å²) in [6.07, 6.45) is 6.05. The molecule has 0 aliphatic carbocycles. The van der Waals surface area contributed by atoms with Crippen molar-refractivity contribution in [2.75, 3.05) is 6.54 Å². The number of hydrogen-bond acceptors (Lipinski definition) is 8. The van der Waals surface area contributed by atoms with Gasteiger partial charge in [-0.05, 0) is 56.0 Å². The lowest BCUT2D eigenvalue weighted by Crippen LogP contribution is -2.30. The van der Waals surface area contributed by atoms with Crippen molar-refractivity contribution >= 4 is 17.2 Å². The van der Waals surface area contributed by atoms with Crippen molar-refractivity contribution in [3.05, 3.63) is 100 Å². The number of aromatic nitrogens is 5. The molecule has 5 heterocycles. The zero-order valence-electron chi connectivity index (χ0n) is 21.8. The van der Waals surface area contributed by atoms with Crippen molar-refractivity contribution in [3.8, 4) is 22.8 Å². The number of carbonyl (C=O) groups is 1. The summed E-state index contributed by atoms with van der Waals surface area (Å²) in [6.45, 7) is 4.73. The van der Waals surface area contributed by atoms with Crippen LogP contribution < -0.4 is 0 Å². The molecule has 6 rings (SSSR count). The van der Waals surface area contributed by atoms with Crippen molar-refractivity contribution in [1.82, 2.24) is 30.0 Å². The Morgan fingerprint density at radius 1 is 1.08 bits per heavy atom. The molecule has 1 amide bonds. The zero-order valence-corrected chi connectivity index (χ0v) is 22.6. The van der Waals surface area contributed by atoms with Gasteiger partial charge in [-0.1, -0.05) is 37.3 Å². The van der Waals surface area contributed by atoms with E-state index in [9.17, 15) is 4.79 Å². The first kappa shape index (κ1) is 25.1. The lowest BCUT2D eigenvalue weighted by molar-refractivity contribution is 0.0735. The number of aryl methyl sites for hydroxylation is 1. The molecule has 1 aromatic carbocycles. The molecule has 0 N–H and O–H groups in total. The Labute approximate surface area is 230 Å². The van der Waals surface area contributed by atoms with E-state index in [0.717, 1.165) is 35.5 Å². The van der Waals surface area contributed by atoms with Crippen LogP contribution in [0, 0.1) is 6.92 Å². The maximum atomic E-state index is 13.9. The minimum Gasteiger partial charge on any atom is -0.419 e. The van der Waals surface area contributed by atoms with Gasteiger partial charge < -0.3 is 9.32 Å². The molecule has 0 spiro atoms. The second kappa shape index (κ2) is 10.9. The van der Waals surface area contributed by atoms with Crippen molar-refractivity contribution < 1.29 is 9.21 Å². The highest BCUT2D eigenvalue weighted by Gasteiger charge is 2.33. The summed E-state index contributed by atoms with van der Waals surface area (Å²) >= 11 is 1.61. The summed E-state index contributed by atoms with van der Waals surface area (Å²) in [5, 5.41) is 11.7. The van der Waals surface area contributed by atoms with E-state index in [0.29, 0.717) is 35.3 Å². The molecule has 0 radical (unpaired) electrons. The summed E-state index contributed by atoms with van der Waals surface area (Å²) < 4.78 is 6.12. The average Bonchev–Trinajstić information content (AvgIpc) is 3.74. The minimum atomic E-state index is -0.0542. The second-order valence-electron chi connectivity index (χ2n) is 9.88. The molecule has 39 heavy (non-hydrogen) atoms. The van der Waals surface area contributed by atoms with Crippen LogP contribution in [0.2, 0.25) is 0 Å². The quantitative estimate of drug-likeness (QED) is 0.241. The van der Waals surface area contributed by atoms with E-state index >= 15 is 0 Å². The van der Waals surface area contributed by atoms with Gasteiger partial charge >= 0.3 is 0 Å². The van der Waals surface area contributed by atoms with Gasteiger partial charge in [0.05, 0.1) is 11.7 Å². The van der Waals surface area contributed by atoms with E-state index in [-0.39, 0.29) is 17.9 Å². The van der Waals surface area contributed by atoms with E-state index < -0.39 is 0 Å². The third kappa shape index (κ3) is 5.35. The Kier molecular flexibility index (Phi) is 6.98. The average molecular weight is 537 g/mol. The third-order valence-electron chi connectivity index (χ3n) is 6.95. The van der Waals surface area contributed by atoms with Gasteiger partial charge in [-0.3, -0.25) is 9.78 Å². The largest absolute Gasteiger partial charge is 0.419 e. The molecule has 1 fully saturated rings. The van der Waals surface area contributed by atoms with E-state index in [4.69, 9.17) is 9.40 Å². The first-order valence-electron chi connectivity index (χ1n) is 13.1. The molecule has 0 bridgehead atoms. The highest BCUT2D eigenvalue weighted by Crippen LogP contribution is 2.36. The van der Waals surface area contributed by atoms with E-state index in [1.165, 1.54) is 5.56 Å². The van der Waals surface area contributed by atoms with Crippen LogP contribution in [0.15, 0.2) is 76.8 Å². The number of nitrogens with zero attached hydrogens (tertiary/aromatic N) is 6. The second-order valence-corrected chi connectivity index (χ2v) is 10.8. The van der Waals surface area contributed by atoms with Crippen LogP contribution >= 0.6 is 11.3 Å². The molecule has 196 valence electrons. The topological polar surface area (TPSA) is 97.9 Å². The van der Waals surface area contributed by atoms with E-state index in [2.05, 4.69) is 39.2 Å². The fourth-order valence-electron chi connectivity index (χ4n) is 4.98. The lowest BCUT2D eigenvalue weighted by atomic mass is 10.0. The summed E-state index contributed by atoms with van der Waals surface area (Å²) in [4.78, 5) is 29.5. The molecule has 2 atom stereocenters. The van der Waals surface area contributed by atoms with Gasteiger partial charge in [0, 0.05) is 47.1 Å². The standard InChI is InChI=1S/C30H28N6O2S/c1-19(15-21-7-4-3-5-8-21)27-34-35-28(38-27)25-17-23(16-24(33-25)22-10-12-31-13-11-22)30(37)36-14-6-9-26(36)29-32-20(2)18-39-29/h3-5,7-8,10-13,16-19,26H,6,9,14-15H2,1-2H3. The molecule has 8 nitrogen and oxygen atoms in total. The number of thiazole rings is 1. The molecule has 9 heteroatoms. The fourth-order valence-corrected chi connectivity index (χ4v) is 5.93. The number of benzene rings is 1. The number of carbonyl (C=O) groups excluding carboxylic acids is 1. The summed E-state index contributed by atoms with van der Waals surface area (Å²) in [5.74, 6) is 0.812. The Balaban J connectivity index is 1.34. The molecule has 1 aliphatic rings. The monoisotopic (exact) mass is 536 g/mol. The number of pyridine rings is 2. The Morgan fingerprint density at radius 2 is 1.87 bits per heavy atom. The van der Waals surface area contributed by atoms with Gasteiger partial charge in [0.2, 0.25) is 5.89 Å². The van der Waals surface area contributed by atoms with Gasteiger partial charge in [-0.25, -0.2) is 9.97 Å². The lowest BCUT2D eigenvalue weighted by Gasteiger charge is -2.23. The van der Waals surface area contributed by atoms with Crippen LogP contribution in [-0.2, 0) is 6.42 Å². The minimum absolute atomic E-state index is 0.0222. The SMILES string of the molecule is Cc1csc(C2CCCN2C(=O)c2cc(-c3ccncc3)nc(-c3nnc(C(C)Cc4ccccc4)o3)c2)n1. The molecule has 0 saturated carbocycles. The van der Waals surface area contributed by atoms with Crippen molar-refractivity contribution in [2.24, 2.45) is 0 Å². The highest BCUT2D eigenvalue weighted by molar-refractivity contribution is 7.09. The molecule has 1 saturated heterocycles. The Hall–Kier alpha value is -4.24. The van der Waals surface area contributed by atoms with E-state index in [1.54, 1.807) is 29.8 Å². The first-order valence-corrected chi connectivity index (χ1v) is 14.0. The predicted molar refractivity (Wildman–Crippen MR) is 149 cm³/mol. The van der Waals surface area contributed by atoms with Gasteiger partial charge in [0.1, 0.15) is 10.7 Å².